The zero-order valence-electron chi connectivity index (χ0n) is 14.3. The summed E-state index contributed by atoms with van der Waals surface area (Å²) in [5.74, 6) is 0. The van der Waals surface area contributed by atoms with Crippen molar-refractivity contribution in [3.05, 3.63) is 0 Å². The SMILES string of the molecule is CCCC1CC(CN)(N2CCCN(C)CC2CC)CCO1. The Hall–Kier alpha value is -0.160. The lowest BCUT2D eigenvalue weighted by Gasteiger charge is -2.51. The lowest BCUT2D eigenvalue weighted by Crippen LogP contribution is -2.62. The second kappa shape index (κ2) is 7.91. The Labute approximate surface area is 131 Å². The van der Waals surface area contributed by atoms with Gasteiger partial charge in [-0.15, -0.1) is 0 Å². The molecule has 2 fully saturated rings. The summed E-state index contributed by atoms with van der Waals surface area (Å²) in [7, 11) is 2.26. The minimum atomic E-state index is 0.171. The minimum Gasteiger partial charge on any atom is -0.378 e. The van der Waals surface area contributed by atoms with Crippen molar-refractivity contribution in [2.45, 2.75) is 70.1 Å². The fourth-order valence-electron chi connectivity index (χ4n) is 4.29. The first-order valence-electron chi connectivity index (χ1n) is 8.92. The average Bonchev–Trinajstić information content (AvgIpc) is 2.69. The zero-order valence-corrected chi connectivity index (χ0v) is 14.3. The topological polar surface area (TPSA) is 41.7 Å². The zero-order chi connectivity index (χ0) is 15.3. The molecule has 0 aromatic rings. The summed E-state index contributed by atoms with van der Waals surface area (Å²) in [6.45, 7) is 9.81. The van der Waals surface area contributed by atoms with Gasteiger partial charge in [0.15, 0.2) is 0 Å². The van der Waals surface area contributed by atoms with Crippen molar-refractivity contribution in [2.75, 3.05) is 39.8 Å². The molecule has 124 valence electrons. The van der Waals surface area contributed by atoms with Crippen LogP contribution >= 0.6 is 0 Å². The quantitative estimate of drug-likeness (QED) is 0.843. The van der Waals surface area contributed by atoms with Gasteiger partial charge in [-0.3, -0.25) is 4.90 Å². The largest absolute Gasteiger partial charge is 0.378 e. The van der Waals surface area contributed by atoms with Gasteiger partial charge in [0.05, 0.1) is 6.10 Å². The van der Waals surface area contributed by atoms with Crippen LogP contribution in [0, 0.1) is 0 Å². The van der Waals surface area contributed by atoms with Gasteiger partial charge in [0.25, 0.3) is 0 Å². The molecule has 0 saturated carbocycles. The van der Waals surface area contributed by atoms with E-state index in [-0.39, 0.29) is 5.54 Å². The third kappa shape index (κ3) is 3.98. The number of hydrogen-bond donors (Lipinski definition) is 1. The molecule has 3 atom stereocenters. The van der Waals surface area contributed by atoms with Gasteiger partial charge >= 0.3 is 0 Å². The van der Waals surface area contributed by atoms with E-state index in [9.17, 15) is 0 Å². The van der Waals surface area contributed by atoms with Crippen LogP contribution < -0.4 is 5.73 Å². The van der Waals surface area contributed by atoms with E-state index >= 15 is 0 Å². The summed E-state index contributed by atoms with van der Waals surface area (Å²) in [4.78, 5) is 5.25. The van der Waals surface area contributed by atoms with Crippen LogP contribution in [0.15, 0.2) is 0 Å². The maximum Gasteiger partial charge on any atom is 0.0593 e. The van der Waals surface area contributed by atoms with Crippen LogP contribution in [-0.4, -0.2) is 67.3 Å². The Morgan fingerprint density at radius 3 is 2.76 bits per heavy atom. The van der Waals surface area contributed by atoms with E-state index < -0.39 is 0 Å². The molecule has 0 aromatic carbocycles. The Kier molecular flexibility index (Phi) is 6.48. The van der Waals surface area contributed by atoms with E-state index in [2.05, 4.69) is 30.7 Å². The van der Waals surface area contributed by atoms with E-state index in [0.29, 0.717) is 12.1 Å². The number of nitrogens with two attached hydrogens (primary N) is 1. The van der Waals surface area contributed by atoms with Crippen molar-refractivity contribution in [2.24, 2.45) is 5.73 Å². The van der Waals surface area contributed by atoms with Crippen LogP contribution in [0.3, 0.4) is 0 Å². The predicted molar refractivity (Wildman–Crippen MR) is 88.6 cm³/mol. The van der Waals surface area contributed by atoms with Gasteiger partial charge in [-0.05, 0) is 45.7 Å². The predicted octanol–water partition coefficient (Wildman–Crippen LogP) is 2.08. The van der Waals surface area contributed by atoms with Gasteiger partial charge in [0.2, 0.25) is 0 Å². The fourth-order valence-corrected chi connectivity index (χ4v) is 4.29. The summed E-state index contributed by atoms with van der Waals surface area (Å²) in [5.41, 5.74) is 6.49. The van der Waals surface area contributed by atoms with E-state index in [0.717, 1.165) is 26.0 Å². The second-order valence-electron chi connectivity index (χ2n) is 7.04. The summed E-state index contributed by atoms with van der Waals surface area (Å²) >= 11 is 0. The maximum atomic E-state index is 6.32. The van der Waals surface area contributed by atoms with Crippen molar-refractivity contribution in [1.29, 1.82) is 0 Å². The molecule has 2 aliphatic heterocycles. The summed E-state index contributed by atoms with van der Waals surface area (Å²) in [6, 6.07) is 0.640. The molecule has 21 heavy (non-hydrogen) atoms. The van der Waals surface area contributed by atoms with E-state index in [1.165, 1.54) is 45.3 Å². The average molecular weight is 297 g/mol. The molecule has 0 radical (unpaired) electrons. The number of nitrogens with zero attached hydrogens (tertiary/aromatic N) is 2. The van der Waals surface area contributed by atoms with Gasteiger partial charge in [-0.25, -0.2) is 0 Å². The molecule has 3 unspecified atom stereocenters. The van der Waals surface area contributed by atoms with E-state index in [1.54, 1.807) is 0 Å². The summed E-state index contributed by atoms with van der Waals surface area (Å²) in [5, 5.41) is 0. The molecular weight excluding hydrogens is 262 g/mol. The Morgan fingerprint density at radius 2 is 2.10 bits per heavy atom. The Morgan fingerprint density at radius 1 is 1.29 bits per heavy atom. The molecule has 2 N–H and O–H groups in total. The molecule has 2 aliphatic rings. The molecule has 0 aromatic heterocycles. The van der Waals surface area contributed by atoms with E-state index in [1.807, 2.05) is 0 Å². The van der Waals surface area contributed by atoms with Crippen molar-refractivity contribution in [1.82, 2.24) is 9.80 Å². The van der Waals surface area contributed by atoms with Crippen LogP contribution in [0.25, 0.3) is 0 Å². The third-order valence-electron chi connectivity index (χ3n) is 5.50. The normalized spacial score (nSPS) is 36.6. The van der Waals surface area contributed by atoms with Gasteiger partial charge < -0.3 is 15.4 Å². The summed E-state index contributed by atoms with van der Waals surface area (Å²) < 4.78 is 5.99. The lowest BCUT2D eigenvalue weighted by atomic mass is 9.82. The number of ether oxygens (including phenoxy) is 1. The molecule has 2 heterocycles. The Bertz CT molecular complexity index is 310. The molecule has 4 heteroatoms. The molecule has 2 rings (SSSR count). The lowest BCUT2D eigenvalue weighted by molar-refractivity contribution is -0.0857. The van der Waals surface area contributed by atoms with Gasteiger partial charge in [0, 0.05) is 37.8 Å². The summed E-state index contributed by atoms with van der Waals surface area (Å²) in [6.07, 6.45) is 7.48. The Balaban J connectivity index is 2.16. The molecular formula is C17H35N3O. The molecule has 4 nitrogen and oxygen atoms in total. The van der Waals surface area contributed by atoms with Crippen LogP contribution in [0.2, 0.25) is 0 Å². The van der Waals surface area contributed by atoms with Crippen LogP contribution in [0.4, 0.5) is 0 Å². The monoisotopic (exact) mass is 297 g/mol. The minimum absolute atomic E-state index is 0.171. The van der Waals surface area contributed by atoms with Gasteiger partial charge in [0.1, 0.15) is 0 Å². The molecule has 2 saturated heterocycles. The highest BCUT2D eigenvalue weighted by molar-refractivity contribution is 5.00. The van der Waals surface area contributed by atoms with Crippen molar-refractivity contribution in [3.63, 3.8) is 0 Å². The van der Waals surface area contributed by atoms with Crippen LogP contribution in [-0.2, 0) is 4.74 Å². The van der Waals surface area contributed by atoms with Gasteiger partial charge in [-0.1, -0.05) is 20.3 Å². The standard InChI is InChI=1S/C17H35N3O/c1-4-7-16-12-17(14-18,8-11-21-16)20-10-6-9-19(3)13-15(20)5-2/h15-16H,4-14,18H2,1-3H3. The van der Waals surface area contributed by atoms with Crippen molar-refractivity contribution >= 4 is 0 Å². The molecule has 0 bridgehead atoms. The second-order valence-corrected chi connectivity index (χ2v) is 7.04. The first-order valence-corrected chi connectivity index (χ1v) is 8.92. The van der Waals surface area contributed by atoms with E-state index in [4.69, 9.17) is 10.5 Å². The first-order chi connectivity index (χ1) is 10.1. The highest BCUT2D eigenvalue weighted by Gasteiger charge is 2.43. The van der Waals surface area contributed by atoms with Crippen molar-refractivity contribution < 1.29 is 4.74 Å². The van der Waals surface area contributed by atoms with Crippen molar-refractivity contribution in [3.8, 4) is 0 Å². The smallest absolute Gasteiger partial charge is 0.0593 e. The number of hydrogen-bond acceptors (Lipinski definition) is 4. The molecule has 0 aliphatic carbocycles. The highest BCUT2D eigenvalue weighted by atomic mass is 16.5. The van der Waals surface area contributed by atoms with Crippen LogP contribution in [0.5, 0.6) is 0 Å². The molecule has 0 amide bonds. The third-order valence-corrected chi connectivity index (χ3v) is 5.50. The van der Waals surface area contributed by atoms with Crippen LogP contribution in [0.1, 0.15) is 52.4 Å². The fraction of sp³-hybridized carbons (Fsp3) is 1.00. The maximum absolute atomic E-state index is 6.32. The number of rotatable bonds is 5. The molecule has 0 spiro atoms. The number of likely N-dealkylation sites (N-methyl/N-ethyl adjacent to an activating group) is 1. The van der Waals surface area contributed by atoms with Gasteiger partial charge in [-0.2, -0.15) is 0 Å². The first kappa shape index (κ1) is 17.2. The highest BCUT2D eigenvalue weighted by Crippen LogP contribution is 2.35.